The molecule has 1 heterocycles. The molecule has 0 aromatic heterocycles. The van der Waals surface area contributed by atoms with Gasteiger partial charge in [0, 0.05) is 20.0 Å². The van der Waals surface area contributed by atoms with Crippen LogP contribution in [0.15, 0.2) is 5.10 Å². The van der Waals surface area contributed by atoms with E-state index in [2.05, 4.69) is 10.0 Å². The molecule has 0 atom stereocenters. The third-order valence-electron chi connectivity index (χ3n) is 1.48. The second kappa shape index (κ2) is 3.56. The Bertz CT molecular complexity index is 113. The molecule has 4 heteroatoms. The van der Waals surface area contributed by atoms with E-state index in [1.165, 1.54) is 6.42 Å². The Morgan fingerprint density at radius 3 is 2.56 bits per heavy atom. The first kappa shape index (κ1) is 8.56. The average Bonchev–Trinajstić information content (AvgIpc) is 2.14. The van der Waals surface area contributed by atoms with Crippen molar-refractivity contribution in [3.05, 3.63) is 0 Å². The Hall–Kier alpha value is -0.440. The van der Waals surface area contributed by atoms with Crippen molar-refractivity contribution in [2.24, 2.45) is 10.9 Å². The van der Waals surface area contributed by atoms with Gasteiger partial charge in [0.05, 0.1) is 0 Å². The van der Waals surface area contributed by atoms with Gasteiger partial charge in [-0.3, -0.25) is 0 Å². The molecule has 1 rings (SSSR count). The van der Waals surface area contributed by atoms with Gasteiger partial charge in [-0.1, -0.05) is 0 Å². The van der Waals surface area contributed by atoms with E-state index in [1.54, 1.807) is 0 Å². The smallest absolute Gasteiger partial charge is 0.124 e. The summed E-state index contributed by atoms with van der Waals surface area (Å²) in [6.45, 7) is 1.11. The molecule has 0 unspecified atom stereocenters. The number of amidine groups is 1. The van der Waals surface area contributed by atoms with Crippen molar-refractivity contribution >= 4 is 18.2 Å². The molecule has 1 aliphatic heterocycles. The zero-order valence-electron chi connectivity index (χ0n) is 5.50. The number of nitrogens with zero attached hydrogens (tertiary/aromatic N) is 2. The number of hydrogen-bond acceptors (Lipinski definition) is 2. The highest BCUT2D eigenvalue weighted by Crippen LogP contribution is 2.06. The topological polar surface area (TPSA) is 41.6 Å². The summed E-state index contributed by atoms with van der Waals surface area (Å²) in [6.07, 6.45) is 2.25. The zero-order chi connectivity index (χ0) is 5.98. The van der Waals surface area contributed by atoms with Gasteiger partial charge in [0.15, 0.2) is 0 Å². The van der Waals surface area contributed by atoms with E-state index >= 15 is 0 Å². The van der Waals surface area contributed by atoms with Gasteiger partial charge < -0.3 is 10.7 Å². The fourth-order valence-electron chi connectivity index (χ4n) is 0.957. The monoisotopic (exact) mass is 149 g/mol. The summed E-state index contributed by atoms with van der Waals surface area (Å²) in [4.78, 5) is 2.08. The quantitative estimate of drug-likeness (QED) is 0.400. The molecule has 0 amide bonds. The summed E-state index contributed by atoms with van der Waals surface area (Å²) in [5.74, 6) is 6.10. The second-order valence-corrected chi connectivity index (χ2v) is 2.07. The van der Waals surface area contributed by atoms with E-state index in [0.29, 0.717) is 0 Å². The first-order valence-electron chi connectivity index (χ1n) is 2.82. The Morgan fingerprint density at radius 2 is 2.33 bits per heavy atom. The molecule has 0 aromatic rings. The minimum Gasteiger partial charge on any atom is -0.362 e. The normalized spacial score (nSPS) is 22.3. The molecule has 0 saturated carbocycles. The van der Waals surface area contributed by atoms with Crippen molar-refractivity contribution in [3.8, 4) is 0 Å². The van der Waals surface area contributed by atoms with Gasteiger partial charge in [-0.2, -0.15) is 5.10 Å². The van der Waals surface area contributed by atoms with Crippen LogP contribution in [0.5, 0.6) is 0 Å². The molecule has 1 aliphatic rings. The maximum Gasteiger partial charge on any atom is 0.124 e. The molecule has 54 valence electrons. The largest absolute Gasteiger partial charge is 0.362 e. The van der Waals surface area contributed by atoms with Crippen LogP contribution in [0.2, 0.25) is 0 Å². The fourth-order valence-corrected chi connectivity index (χ4v) is 0.957. The van der Waals surface area contributed by atoms with E-state index in [9.17, 15) is 0 Å². The standard InChI is InChI=1S/C5H11N3.ClH/c1-8-4-2-3-5(8)7-6;/h2-4,6H2,1H3;1H. The van der Waals surface area contributed by atoms with Crippen LogP contribution >= 0.6 is 12.4 Å². The Morgan fingerprint density at radius 1 is 1.67 bits per heavy atom. The van der Waals surface area contributed by atoms with Gasteiger partial charge >= 0.3 is 0 Å². The van der Waals surface area contributed by atoms with Crippen LogP contribution in [-0.4, -0.2) is 24.3 Å². The van der Waals surface area contributed by atoms with Gasteiger partial charge in [0.2, 0.25) is 0 Å². The molecule has 1 saturated heterocycles. The van der Waals surface area contributed by atoms with E-state index in [1.807, 2.05) is 7.05 Å². The van der Waals surface area contributed by atoms with Crippen molar-refractivity contribution in [1.82, 2.24) is 4.90 Å². The molecular weight excluding hydrogens is 138 g/mol. The van der Waals surface area contributed by atoms with Crippen LogP contribution in [0.3, 0.4) is 0 Å². The number of rotatable bonds is 0. The highest BCUT2D eigenvalue weighted by Gasteiger charge is 2.12. The Labute approximate surface area is 61.3 Å². The highest BCUT2D eigenvalue weighted by molar-refractivity contribution is 5.85. The number of halogens is 1. The maximum atomic E-state index is 5.07. The molecule has 0 radical (unpaired) electrons. The van der Waals surface area contributed by atoms with Gasteiger partial charge in [0.25, 0.3) is 0 Å². The zero-order valence-corrected chi connectivity index (χ0v) is 6.32. The van der Waals surface area contributed by atoms with Crippen molar-refractivity contribution in [3.63, 3.8) is 0 Å². The third-order valence-corrected chi connectivity index (χ3v) is 1.48. The lowest BCUT2D eigenvalue weighted by molar-refractivity contribution is 0.548. The summed E-state index contributed by atoms with van der Waals surface area (Å²) in [6, 6.07) is 0. The summed E-state index contributed by atoms with van der Waals surface area (Å²) in [7, 11) is 2.01. The molecule has 0 aromatic carbocycles. The van der Waals surface area contributed by atoms with Crippen LogP contribution in [0.25, 0.3) is 0 Å². The van der Waals surface area contributed by atoms with Crippen molar-refractivity contribution < 1.29 is 0 Å². The van der Waals surface area contributed by atoms with E-state index in [4.69, 9.17) is 5.84 Å². The first-order valence-corrected chi connectivity index (χ1v) is 2.82. The lowest BCUT2D eigenvalue weighted by atomic mass is 10.4. The molecule has 1 fully saturated rings. The summed E-state index contributed by atoms with van der Waals surface area (Å²) < 4.78 is 0. The van der Waals surface area contributed by atoms with Gasteiger partial charge in [0.1, 0.15) is 5.84 Å². The SMILES string of the molecule is CN1CCCC1=NN.Cl. The van der Waals surface area contributed by atoms with Gasteiger partial charge in [-0.25, -0.2) is 0 Å². The fraction of sp³-hybridized carbons (Fsp3) is 0.800. The molecule has 0 spiro atoms. The molecule has 0 bridgehead atoms. The van der Waals surface area contributed by atoms with Crippen molar-refractivity contribution in [2.75, 3.05) is 13.6 Å². The van der Waals surface area contributed by atoms with Crippen molar-refractivity contribution in [2.45, 2.75) is 12.8 Å². The summed E-state index contributed by atoms with van der Waals surface area (Å²) in [5.41, 5.74) is 0. The van der Waals surface area contributed by atoms with Gasteiger partial charge in [-0.15, -0.1) is 12.4 Å². The first-order chi connectivity index (χ1) is 3.84. The molecule has 2 N–H and O–H groups in total. The lowest BCUT2D eigenvalue weighted by Gasteiger charge is -2.08. The van der Waals surface area contributed by atoms with Crippen LogP contribution in [-0.2, 0) is 0 Å². The maximum absolute atomic E-state index is 5.07. The van der Waals surface area contributed by atoms with Crippen LogP contribution in [0, 0.1) is 0 Å². The summed E-state index contributed by atoms with van der Waals surface area (Å²) >= 11 is 0. The number of likely N-dealkylation sites (tertiary alicyclic amines) is 1. The lowest BCUT2D eigenvalue weighted by Crippen LogP contribution is -2.20. The molecular formula is C5H12ClN3. The second-order valence-electron chi connectivity index (χ2n) is 2.07. The molecule has 9 heavy (non-hydrogen) atoms. The van der Waals surface area contributed by atoms with Crippen LogP contribution in [0.1, 0.15) is 12.8 Å². The van der Waals surface area contributed by atoms with Gasteiger partial charge in [-0.05, 0) is 6.42 Å². The average molecular weight is 150 g/mol. The molecule has 0 aliphatic carbocycles. The molecule has 3 nitrogen and oxygen atoms in total. The van der Waals surface area contributed by atoms with Crippen LogP contribution < -0.4 is 5.84 Å². The number of hydrogen-bond donors (Lipinski definition) is 1. The minimum atomic E-state index is 0. The Balaban J connectivity index is 0.000000640. The Kier molecular flexibility index (Phi) is 3.39. The summed E-state index contributed by atoms with van der Waals surface area (Å²) in [5, 5.41) is 3.61. The predicted molar refractivity (Wildman–Crippen MR) is 40.7 cm³/mol. The van der Waals surface area contributed by atoms with Crippen molar-refractivity contribution in [1.29, 1.82) is 0 Å². The number of nitrogens with two attached hydrogens (primary N) is 1. The highest BCUT2D eigenvalue weighted by atomic mass is 35.5. The van der Waals surface area contributed by atoms with Crippen LogP contribution in [0.4, 0.5) is 0 Å². The van der Waals surface area contributed by atoms with E-state index in [-0.39, 0.29) is 12.4 Å². The van der Waals surface area contributed by atoms with E-state index in [0.717, 1.165) is 18.8 Å². The number of hydrazone groups is 1. The third kappa shape index (κ3) is 1.75. The predicted octanol–water partition coefficient (Wildman–Crippen LogP) is 0.406. The van der Waals surface area contributed by atoms with E-state index < -0.39 is 0 Å². The minimum absolute atomic E-state index is 0.